The Bertz CT molecular complexity index is 606. The van der Waals surface area contributed by atoms with Gasteiger partial charge in [0, 0.05) is 12.2 Å². The first-order valence-electron chi connectivity index (χ1n) is 7.71. The van der Waals surface area contributed by atoms with Gasteiger partial charge in [0.1, 0.15) is 11.5 Å². The lowest BCUT2D eigenvalue weighted by atomic mass is 10.2. The van der Waals surface area contributed by atoms with E-state index in [1.54, 1.807) is 0 Å². The molecular weight excluding hydrogens is 422 g/mol. The lowest BCUT2D eigenvalue weighted by molar-refractivity contribution is 0.313. The van der Waals surface area contributed by atoms with Crippen LogP contribution >= 0.6 is 31.9 Å². The molecule has 0 fully saturated rings. The average Bonchev–Trinajstić information content (AvgIpc) is 2.54. The van der Waals surface area contributed by atoms with E-state index in [2.05, 4.69) is 56.2 Å². The van der Waals surface area contributed by atoms with Crippen LogP contribution in [-0.4, -0.2) is 13.2 Å². The summed E-state index contributed by atoms with van der Waals surface area (Å²) in [4.78, 5) is 0. The molecule has 5 heteroatoms. The van der Waals surface area contributed by atoms with Crippen molar-refractivity contribution in [3.05, 3.63) is 50.9 Å². The van der Waals surface area contributed by atoms with Gasteiger partial charge in [0.2, 0.25) is 0 Å². The third-order valence-electron chi connectivity index (χ3n) is 3.17. The van der Waals surface area contributed by atoms with Crippen LogP contribution in [0.5, 0.6) is 11.5 Å². The summed E-state index contributed by atoms with van der Waals surface area (Å²) in [7, 11) is 0. The molecule has 0 heterocycles. The molecule has 0 aromatic heterocycles. The van der Waals surface area contributed by atoms with Crippen molar-refractivity contribution in [2.24, 2.45) is 0 Å². The van der Waals surface area contributed by atoms with Crippen LogP contribution in [-0.2, 0) is 6.54 Å². The van der Waals surface area contributed by atoms with Gasteiger partial charge in [0.15, 0.2) is 0 Å². The summed E-state index contributed by atoms with van der Waals surface area (Å²) in [6.07, 6.45) is 0.986. The van der Waals surface area contributed by atoms with Gasteiger partial charge < -0.3 is 14.8 Å². The third-order valence-corrected chi connectivity index (χ3v) is 4.35. The summed E-state index contributed by atoms with van der Waals surface area (Å²) in [5.41, 5.74) is 2.23. The Hall–Kier alpha value is -1.20. The van der Waals surface area contributed by atoms with Crippen LogP contribution in [0.1, 0.15) is 25.8 Å². The number of nitrogens with one attached hydrogen (secondary N) is 1. The van der Waals surface area contributed by atoms with Crippen LogP contribution in [0.15, 0.2) is 45.3 Å². The monoisotopic (exact) mass is 441 g/mol. The van der Waals surface area contributed by atoms with E-state index in [-0.39, 0.29) is 0 Å². The molecule has 1 N–H and O–H groups in total. The maximum atomic E-state index is 5.74. The number of ether oxygens (including phenoxy) is 2. The first kappa shape index (κ1) is 18.1. The number of hydrogen-bond acceptors (Lipinski definition) is 3. The van der Waals surface area contributed by atoms with Gasteiger partial charge in [-0.15, -0.1) is 0 Å². The summed E-state index contributed by atoms with van der Waals surface area (Å²) in [6, 6.07) is 12.1. The Morgan fingerprint density at radius 1 is 0.957 bits per heavy atom. The van der Waals surface area contributed by atoms with E-state index in [0.717, 1.165) is 39.1 Å². The molecule has 124 valence electrons. The van der Waals surface area contributed by atoms with Gasteiger partial charge in [-0.25, -0.2) is 0 Å². The first-order chi connectivity index (χ1) is 11.1. The smallest absolute Gasteiger partial charge is 0.147 e. The molecule has 0 spiro atoms. The predicted molar refractivity (Wildman–Crippen MR) is 103 cm³/mol. The van der Waals surface area contributed by atoms with Gasteiger partial charge in [-0.1, -0.05) is 6.92 Å². The zero-order valence-corrected chi connectivity index (χ0v) is 16.5. The number of halogens is 2. The molecule has 0 saturated heterocycles. The highest BCUT2D eigenvalue weighted by Gasteiger charge is 2.09. The Morgan fingerprint density at radius 2 is 1.61 bits per heavy atom. The molecule has 2 aromatic rings. The third kappa shape index (κ3) is 5.43. The van der Waals surface area contributed by atoms with Crippen molar-refractivity contribution in [1.82, 2.24) is 0 Å². The van der Waals surface area contributed by atoms with Crippen molar-refractivity contribution in [3.8, 4) is 11.5 Å². The topological polar surface area (TPSA) is 30.5 Å². The van der Waals surface area contributed by atoms with Crippen LogP contribution in [0.2, 0.25) is 0 Å². The van der Waals surface area contributed by atoms with E-state index in [1.807, 2.05) is 31.2 Å². The van der Waals surface area contributed by atoms with Gasteiger partial charge in [0.25, 0.3) is 0 Å². The lowest BCUT2D eigenvalue weighted by Gasteiger charge is -2.13. The van der Waals surface area contributed by atoms with Crippen molar-refractivity contribution in [3.63, 3.8) is 0 Å². The largest absolute Gasteiger partial charge is 0.494 e. The van der Waals surface area contributed by atoms with Crippen molar-refractivity contribution in [2.45, 2.75) is 26.8 Å². The molecular formula is C18H21Br2NO2. The minimum Gasteiger partial charge on any atom is -0.494 e. The minimum absolute atomic E-state index is 0.682. The molecule has 0 saturated carbocycles. The quantitative estimate of drug-likeness (QED) is 0.542. The SMILES string of the molecule is CCCOc1c(Br)cc(CNc2ccc(OCC)cc2)cc1Br. The van der Waals surface area contributed by atoms with Gasteiger partial charge in [-0.2, -0.15) is 0 Å². The Balaban J connectivity index is 2.00. The predicted octanol–water partition coefficient (Wildman–Crippen LogP) is 6.01. The van der Waals surface area contributed by atoms with Crippen molar-refractivity contribution in [2.75, 3.05) is 18.5 Å². The highest BCUT2D eigenvalue weighted by Crippen LogP contribution is 2.35. The lowest BCUT2D eigenvalue weighted by Crippen LogP contribution is -2.02. The summed E-state index contributed by atoms with van der Waals surface area (Å²) < 4.78 is 13.1. The highest BCUT2D eigenvalue weighted by atomic mass is 79.9. The van der Waals surface area contributed by atoms with Crippen molar-refractivity contribution in [1.29, 1.82) is 0 Å². The van der Waals surface area contributed by atoms with Crippen LogP contribution in [0, 0.1) is 0 Å². The summed E-state index contributed by atoms with van der Waals surface area (Å²) in [5.74, 6) is 1.75. The molecule has 0 atom stereocenters. The Labute approximate surface area is 154 Å². The number of rotatable bonds is 8. The van der Waals surface area contributed by atoms with Gasteiger partial charge >= 0.3 is 0 Å². The van der Waals surface area contributed by atoms with Gasteiger partial charge in [-0.05, 0) is 87.2 Å². The second kappa shape index (κ2) is 9.18. The zero-order chi connectivity index (χ0) is 16.7. The maximum Gasteiger partial charge on any atom is 0.147 e. The summed E-state index contributed by atoms with van der Waals surface area (Å²) in [5, 5.41) is 3.41. The summed E-state index contributed by atoms with van der Waals surface area (Å²) in [6.45, 7) is 6.20. The fourth-order valence-electron chi connectivity index (χ4n) is 2.10. The van der Waals surface area contributed by atoms with E-state index in [1.165, 1.54) is 5.56 Å². The molecule has 2 aromatic carbocycles. The minimum atomic E-state index is 0.682. The average molecular weight is 443 g/mol. The van der Waals surface area contributed by atoms with Crippen LogP contribution in [0.4, 0.5) is 5.69 Å². The normalized spacial score (nSPS) is 10.4. The zero-order valence-electron chi connectivity index (χ0n) is 13.4. The summed E-state index contributed by atoms with van der Waals surface area (Å²) >= 11 is 7.16. The van der Waals surface area contributed by atoms with Gasteiger partial charge in [-0.3, -0.25) is 0 Å². The van der Waals surface area contributed by atoms with E-state index in [9.17, 15) is 0 Å². The molecule has 2 rings (SSSR count). The van der Waals surface area contributed by atoms with Crippen LogP contribution in [0.3, 0.4) is 0 Å². The number of benzene rings is 2. The van der Waals surface area contributed by atoms with Crippen molar-refractivity contribution < 1.29 is 9.47 Å². The molecule has 0 aliphatic heterocycles. The van der Waals surface area contributed by atoms with Crippen LogP contribution < -0.4 is 14.8 Å². The second-order valence-electron chi connectivity index (χ2n) is 5.05. The maximum absolute atomic E-state index is 5.74. The van der Waals surface area contributed by atoms with Crippen molar-refractivity contribution >= 4 is 37.5 Å². The molecule has 0 aliphatic rings. The van der Waals surface area contributed by atoms with Crippen LogP contribution in [0.25, 0.3) is 0 Å². The molecule has 0 bridgehead atoms. The highest BCUT2D eigenvalue weighted by molar-refractivity contribution is 9.11. The first-order valence-corrected chi connectivity index (χ1v) is 9.30. The molecule has 0 aliphatic carbocycles. The second-order valence-corrected chi connectivity index (χ2v) is 6.76. The Kier molecular flexibility index (Phi) is 7.24. The standard InChI is InChI=1S/C18H21Br2NO2/c1-3-9-23-18-16(19)10-13(11-17(18)20)12-21-14-5-7-15(8-6-14)22-4-2/h5-8,10-11,21H,3-4,9,12H2,1-2H3. The molecule has 3 nitrogen and oxygen atoms in total. The fraction of sp³-hybridized carbons (Fsp3) is 0.333. The number of hydrogen-bond donors (Lipinski definition) is 1. The van der Waals surface area contributed by atoms with E-state index in [4.69, 9.17) is 9.47 Å². The van der Waals surface area contributed by atoms with E-state index < -0.39 is 0 Å². The molecule has 0 unspecified atom stereocenters. The molecule has 23 heavy (non-hydrogen) atoms. The Morgan fingerprint density at radius 3 is 2.17 bits per heavy atom. The van der Waals surface area contributed by atoms with Gasteiger partial charge in [0.05, 0.1) is 22.2 Å². The fourth-order valence-corrected chi connectivity index (χ4v) is 3.61. The van der Waals surface area contributed by atoms with E-state index in [0.29, 0.717) is 13.2 Å². The van der Waals surface area contributed by atoms with E-state index >= 15 is 0 Å². The molecule has 0 radical (unpaired) electrons. The number of anilines is 1. The molecule has 0 amide bonds.